The van der Waals surface area contributed by atoms with Crippen LogP contribution in [-0.2, 0) is 0 Å². The van der Waals surface area contributed by atoms with E-state index in [1.165, 1.54) is 7.05 Å². The first-order chi connectivity index (χ1) is 5.54. The molecule has 1 rings (SSSR count). The number of hydrogen-bond acceptors (Lipinski definition) is 3. The number of nitrogens with zero attached hydrogens (tertiary/aromatic N) is 2. The highest BCUT2D eigenvalue weighted by molar-refractivity contribution is 7.11. The van der Waals surface area contributed by atoms with Gasteiger partial charge in [-0.15, -0.1) is 0 Å². The summed E-state index contributed by atoms with van der Waals surface area (Å²) in [5.41, 5.74) is 0.232. The molecule has 0 spiro atoms. The summed E-state index contributed by atoms with van der Waals surface area (Å²) in [5, 5.41) is 8.69. The van der Waals surface area contributed by atoms with E-state index >= 15 is 0 Å². The molecule has 0 aliphatic carbocycles. The molecule has 0 bridgehead atoms. The average Bonchev–Trinajstić information content (AvgIpc) is 2.30. The van der Waals surface area contributed by atoms with E-state index < -0.39 is 6.09 Å². The average molecular weight is 227 g/mol. The number of amides is 1. The van der Waals surface area contributed by atoms with Crippen molar-refractivity contribution in [3.63, 3.8) is 0 Å². The van der Waals surface area contributed by atoms with Gasteiger partial charge in [0.15, 0.2) is 5.15 Å². The molecule has 4 nitrogen and oxygen atoms in total. The summed E-state index contributed by atoms with van der Waals surface area (Å²) in [6, 6.07) is 0. The Morgan fingerprint density at radius 3 is 2.58 bits per heavy atom. The van der Waals surface area contributed by atoms with Crippen LogP contribution in [0.3, 0.4) is 0 Å². The van der Waals surface area contributed by atoms with Crippen LogP contribution in [0.25, 0.3) is 0 Å². The van der Waals surface area contributed by atoms with Crippen LogP contribution in [0.15, 0.2) is 0 Å². The lowest BCUT2D eigenvalue weighted by Gasteiger charge is -2.10. The van der Waals surface area contributed by atoms with Crippen LogP contribution >= 0.6 is 34.7 Å². The molecule has 0 aliphatic rings. The third-order valence-corrected chi connectivity index (χ3v) is 2.59. The van der Waals surface area contributed by atoms with Gasteiger partial charge in [0.2, 0.25) is 0 Å². The second-order valence-corrected chi connectivity index (χ2v) is 3.67. The van der Waals surface area contributed by atoms with Crippen molar-refractivity contribution in [2.45, 2.75) is 0 Å². The molecule has 1 heterocycles. The van der Waals surface area contributed by atoms with Crippen molar-refractivity contribution in [3.05, 3.63) is 9.49 Å². The van der Waals surface area contributed by atoms with Crippen LogP contribution in [0.5, 0.6) is 0 Å². The quantitative estimate of drug-likeness (QED) is 0.801. The fraction of sp³-hybridized carbons (Fsp3) is 0.200. The fourth-order valence-electron chi connectivity index (χ4n) is 0.614. The third-order valence-electron chi connectivity index (χ3n) is 1.21. The van der Waals surface area contributed by atoms with Gasteiger partial charge in [-0.1, -0.05) is 23.2 Å². The van der Waals surface area contributed by atoms with E-state index in [9.17, 15) is 4.79 Å². The molecule has 1 N–H and O–H groups in total. The maximum Gasteiger partial charge on any atom is 0.411 e. The molecule has 0 unspecified atom stereocenters. The number of hydrogen-bond donors (Lipinski definition) is 1. The highest BCUT2D eigenvalue weighted by Crippen LogP contribution is 2.35. The lowest BCUT2D eigenvalue weighted by atomic mass is 10.5. The normalized spacial score (nSPS) is 9.92. The van der Waals surface area contributed by atoms with Crippen LogP contribution in [-0.4, -0.2) is 22.6 Å². The summed E-state index contributed by atoms with van der Waals surface area (Å²) < 4.78 is 3.96. The number of halogens is 2. The summed E-state index contributed by atoms with van der Waals surface area (Å²) in [4.78, 5) is 11.4. The van der Waals surface area contributed by atoms with E-state index in [1.54, 1.807) is 0 Å². The summed E-state index contributed by atoms with van der Waals surface area (Å²) in [5.74, 6) is 0. The molecule has 1 aromatic rings. The summed E-state index contributed by atoms with van der Waals surface area (Å²) >= 11 is 12.2. The second kappa shape index (κ2) is 3.47. The minimum Gasteiger partial charge on any atom is -0.465 e. The first-order valence-corrected chi connectivity index (χ1v) is 4.34. The summed E-state index contributed by atoms with van der Waals surface area (Å²) in [6.07, 6.45) is -1.13. The fourth-order valence-corrected chi connectivity index (χ4v) is 1.93. The predicted molar refractivity (Wildman–Crippen MR) is 48.6 cm³/mol. The molecule has 0 aromatic carbocycles. The maximum absolute atomic E-state index is 10.5. The molecule has 0 saturated carbocycles. The third kappa shape index (κ3) is 1.63. The van der Waals surface area contributed by atoms with Gasteiger partial charge < -0.3 is 5.11 Å². The van der Waals surface area contributed by atoms with Crippen molar-refractivity contribution in [3.8, 4) is 0 Å². The van der Waals surface area contributed by atoms with E-state index in [1.807, 2.05) is 0 Å². The topological polar surface area (TPSA) is 53.4 Å². The Balaban J connectivity index is 3.08. The minimum atomic E-state index is -1.13. The van der Waals surface area contributed by atoms with Crippen molar-refractivity contribution in [2.24, 2.45) is 0 Å². The Morgan fingerprint density at radius 1 is 1.67 bits per heavy atom. The zero-order chi connectivity index (χ0) is 9.30. The van der Waals surface area contributed by atoms with Crippen LogP contribution in [0.1, 0.15) is 0 Å². The maximum atomic E-state index is 10.5. The van der Waals surface area contributed by atoms with E-state index in [4.69, 9.17) is 28.3 Å². The van der Waals surface area contributed by atoms with Gasteiger partial charge in [0.05, 0.1) is 0 Å². The standard InChI is InChI=1S/C5H4Cl2N2O2S/c1-9(5(10)11)2-3(6)8-12-4(2)7/h1H3,(H,10,11). The van der Waals surface area contributed by atoms with Gasteiger partial charge in [-0.3, -0.25) is 4.90 Å². The zero-order valence-electron chi connectivity index (χ0n) is 5.91. The predicted octanol–water partition coefficient (Wildman–Crippen LogP) is 2.56. The van der Waals surface area contributed by atoms with Crippen LogP contribution in [0.2, 0.25) is 9.49 Å². The molecular formula is C5H4Cl2N2O2S. The van der Waals surface area contributed by atoms with E-state index in [-0.39, 0.29) is 15.2 Å². The minimum absolute atomic E-state index is 0.106. The first kappa shape index (κ1) is 9.57. The summed E-state index contributed by atoms with van der Waals surface area (Å²) in [6.45, 7) is 0. The smallest absolute Gasteiger partial charge is 0.411 e. The van der Waals surface area contributed by atoms with E-state index in [0.29, 0.717) is 0 Å². The molecule has 66 valence electrons. The van der Waals surface area contributed by atoms with Crippen molar-refractivity contribution in [2.75, 3.05) is 11.9 Å². The lowest BCUT2D eigenvalue weighted by Crippen LogP contribution is -2.23. The van der Waals surface area contributed by atoms with Crippen LogP contribution in [0.4, 0.5) is 10.5 Å². The summed E-state index contributed by atoms with van der Waals surface area (Å²) in [7, 11) is 1.35. The van der Waals surface area contributed by atoms with Gasteiger partial charge in [-0.05, 0) is 11.5 Å². The molecule has 0 radical (unpaired) electrons. The lowest BCUT2D eigenvalue weighted by molar-refractivity contribution is 0.203. The highest BCUT2D eigenvalue weighted by Gasteiger charge is 2.18. The van der Waals surface area contributed by atoms with Crippen molar-refractivity contribution in [1.82, 2.24) is 4.37 Å². The second-order valence-electron chi connectivity index (χ2n) is 1.94. The largest absolute Gasteiger partial charge is 0.465 e. The molecule has 1 amide bonds. The van der Waals surface area contributed by atoms with E-state index in [2.05, 4.69) is 4.37 Å². The Hall–Kier alpha value is -0.520. The number of carbonyl (C=O) groups is 1. The van der Waals surface area contributed by atoms with Crippen molar-refractivity contribution >= 4 is 46.5 Å². The number of anilines is 1. The molecule has 0 saturated heterocycles. The molecule has 0 aliphatic heterocycles. The molecule has 12 heavy (non-hydrogen) atoms. The van der Waals surface area contributed by atoms with Crippen molar-refractivity contribution < 1.29 is 9.90 Å². The highest BCUT2D eigenvalue weighted by atomic mass is 35.5. The van der Waals surface area contributed by atoms with Gasteiger partial charge in [0.1, 0.15) is 10.0 Å². The Kier molecular flexibility index (Phi) is 2.76. The Bertz CT molecular complexity index is 295. The Morgan fingerprint density at radius 2 is 2.25 bits per heavy atom. The van der Waals surface area contributed by atoms with Crippen LogP contribution < -0.4 is 4.90 Å². The van der Waals surface area contributed by atoms with Gasteiger partial charge in [0, 0.05) is 7.05 Å². The van der Waals surface area contributed by atoms with Gasteiger partial charge in [0.25, 0.3) is 0 Å². The molecule has 1 aromatic heterocycles. The number of rotatable bonds is 1. The molecule has 0 atom stereocenters. The van der Waals surface area contributed by atoms with E-state index in [0.717, 1.165) is 16.4 Å². The van der Waals surface area contributed by atoms with Crippen molar-refractivity contribution in [1.29, 1.82) is 0 Å². The molecule has 7 heteroatoms. The zero-order valence-corrected chi connectivity index (χ0v) is 8.24. The monoisotopic (exact) mass is 226 g/mol. The first-order valence-electron chi connectivity index (χ1n) is 2.81. The molecule has 0 fully saturated rings. The van der Waals surface area contributed by atoms with Gasteiger partial charge >= 0.3 is 6.09 Å². The van der Waals surface area contributed by atoms with Gasteiger partial charge in [-0.2, -0.15) is 4.37 Å². The van der Waals surface area contributed by atoms with Gasteiger partial charge in [-0.25, -0.2) is 4.79 Å². The number of carboxylic acid groups (broad SMARTS) is 1. The Labute approximate surface area is 82.5 Å². The number of aromatic nitrogens is 1. The molecular weight excluding hydrogens is 223 g/mol. The van der Waals surface area contributed by atoms with Crippen LogP contribution in [0, 0.1) is 0 Å². The SMILES string of the molecule is CN(C(=O)O)c1c(Cl)nsc1Cl.